The molecule has 0 amide bonds. The average Bonchev–Trinajstić information content (AvgIpc) is 2.36. The van der Waals surface area contributed by atoms with Gasteiger partial charge in [-0.3, -0.25) is 0 Å². The van der Waals surface area contributed by atoms with Gasteiger partial charge in [-0.15, -0.1) is 11.6 Å². The Morgan fingerprint density at radius 2 is 0.818 bits per heavy atom. The maximum atomic E-state index is 6.03. The van der Waals surface area contributed by atoms with E-state index in [4.69, 9.17) is 11.6 Å². The molecule has 0 nitrogen and oxygen atoms in total. The maximum absolute atomic E-state index is 6.03. The van der Waals surface area contributed by atoms with Crippen molar-refractivity contribution in [1.82, 2.24) is 0 Å². The van der Waals surface area contributed by atoms with Gasteiger partial charge in [0.05, 0.1) is 0 Å². The SMILES string of the molecule is C[Si]1(C)[Si](C)(C)[Si](C)(C)[Si](C)(CCCCCl)[Si](C)(C)[Si]1(C)C. The minimum absolute atomic E-state index is 0.871. The molecule has 0 aromatic heterocycles. The smallest absolute Gasteiger partial charge is 0.0337 e. The van der Waals surface area contributed by atoms with Crippen LogP contribution in [0.15, 0.2) is 0 Å². The first-order valence-corrected chi connectivity index (χ1v) is 33.4. The van der Waals surface area contributed by atoms with Crippen LogP contribution in [0.5, 0.6) is 0 Å². The molecule has 0 bridgehead atoms. The van der Waals surface area contributed by atoms with Crippen molar-refractivity contribution >= 4 is 54.3 Å². The van der Waals surface area contributed by atoms with Crippen molar-refractivity contribution in [2.45, 2.75) is 90.9 Å². The summed E-state index contributed by atoms with van der Waals surface area (Å²) in [5.41, 5.74) is 0. The van der Waals surface area contributed by atoms with Crippen molar-refractivity contribution in [3.63, 3.8) is 0 Å². The van der Waals surface area contributed by atoms with Crippen molar-refractivity contribution in [2.75, 3.05) is 5.88 Å². The van der Waals surface area contributed by atoms with Gasteiger partial charge in [0.2, 0.25) is 0 Å². The van der Waals surface area contributed by atoms with E-state index in [-0.39, 0.29) is 0 Å². The highest BCUT2D eigenvalue weighted by Gasteiger charge is 2.76. The highest BCUT2D eigenvalue weighted by atomic mass is 35.5. The van der Waals surface area contributed by atoms with Crippen molar-refractivity contribution < 1.29 is 0 Å². The number of hydrogen-bond donors (Lipinski definition) is 0. The predicted molar refractivity (Wildman–Crippen MR) is 124 cm³/mol. The van der Waals surface area contributed by atoms with Gasteiger partial charge in [-0.25, -0.2) is 0 Å². The van der Waals surface area contributed by atoms with E-state index >= 15 is 0 Å². The molecule has 1 aliphatic heterocycles. The third-order valence-electron chi connectivity index (χ3n) is 10.1. The summed E-state index contributed by atoms with van der Waals surface area (Å²) in [5.74, 6) is 0.871. The van der Waals surface area contributed by atoms with Crippen LogP contribution in [-0.2, 0) is 0 Å². The predicted octanol–water partition coefficient (Wildman–Crippen LogP) is 6.11. The largest absolute Gasteiger partial charge is 0.127 e. The Bertz CT molecular complexity index is 398. The molecule has 0 spiro atoms. The van der Waals surface area contributed by atoms with Gasteiger partial charge in [0.15, 0.2) is 0 Å². The molecule has 0 atom stereocenters. The summed E-state index contributed by atoms with van der Waals surface area (Å²) in [7, 11) is -6.46. The van der Waals surface area contributed by atoms with Gasteiger partial charge in [-0.05, 0) is 6.42 Å². The van der Waals surface area contributed by atoms with Crippen LogP contribution in [0.25, 0.3) is 0 Å². The topological polar surface area (TPSA) is 0 Å². The lowest BCUT2D eigenvalue weighted by atomic mass is 10.4. The number of halogens is 1. The van der Waals surface area contributed by atoms with E-state index in [1.165, 1.54) is 12.8 Å². The summed E-state index contributed by atoms with van der Waals surface area (Å²) in [6.07, 6.45) is 2.68. The van der Waals surface area contributed by atoms with Crippen LogP contribution in [0, 0.1) is 0 Å². The molecule has 0 aromatic carbocycles. The third kappa shape index (κ3) is 2.41. The summed E-state index contributed by atoms with van der Waals surface area (Å²) in [6.45, 7) is 31.5. The lowest BCUT2D eigenvalue weighted by Crippen LogP contribution is -3.01. The first kappa shape index (κ1) is 21.6. The molecule has 0 aliphatic carbocycles. The standard InChI is InChI=1S/C15H41ClSi6/c1-17(2)18(3,4)20(7,8)22(11,15-13-12-14-16)21(9,10)19(17,5)6/h12-15H2,1-11H3. The lowest BCUT2D eigenvalue weighted by molar-refractivity contribution is 0.881. The zero-order chi connectivity index (χ0) is 17.8. The van der Waals surface area contributed by atoms with Gasteiger partial charge >= 0.3 is 0 Å². The van der Waals surface area contributed by atoms with Crippen LogP contribution < -0.4 is 0 Å². The van der Waals surface area contributed by atoms with Gasteiger partial charge in [0.25, 0.3) is 0 Å². The van der Waals surface area contributed by atoms with Crippen LogP contribution >= 0.6 is 11.6 Å². The van der Waals surface area contributed by atoms with Crippen LogP contribution in [0.3, 0.4) is 0 Å². The molecule has 1 rings (SSSR count). The normalized spacial score (nSPS) is 30.0. The van der Waals surface area contributed by atoms with Gasteiger partial charge < -0.3 is 0 Å². The number of unbranched alkanes of at least 4 members (excludes halogenated alkanes) is 1. The second-order valence-corrected chi connectivity index (χ2v) is 83.5. The van der Waals surface area contributed by atoms with Gasteiger partial charge in [-0.1, -0.05) is 84.5 Å². The molecule has 0 saturated carbocycles. The molecule has 7 heteroatoms. The van der Waals surface area contributed by atoms with Gasteiger partial charge in [0.1, 0.15) is 0 Å². The molecule has 1 saturated heterocycles. The van der Waals surface area contributed by atoms with Crippen LogP contribution in [0.4, 0.5) is 0 Å². The minimum atomic E-state index is -1.11. The Morgan fingerprint density at radius 3 is 1.14 bits per heavy atom. The average molecular weight is 425 g/mol. The molecular weight excluding hydrogens is 384 g/mol. The van der Waals surface area contributed by atoms with E-state index in [2.05, 4.69) is 72.0 Å². The van der Waals surface area contributed by atoms with E-state index < -0.39 is 42.7 Å². The Labute approximate surface area is 150 Å². The van der Waals surface area contributed by atoms with E-state index in [0.29, 0.717) is 0 Å². The molecule has 1 aliphatic rings. The monoisotopic (exact) mass is 424 g/mol. The zero-order valence-corrected chi connectivity index (χ0v) is 24.0. The highest BCUT2D eigenvalue weighted by Crippen LogP contribution is 2.53. The third-order valence-corrected chi connectivity index (χ3v) is 165. The maximum Gasteiger partial charge on any atom is 0.0337 e. The van der Waals surface area contributed by atoms with E-state index in [1.807, 2.05) is 0 Å². The molecule has 1 fully saturated rings. The van der Waals surface area contributed by atoms with Crippen LogP contribution in [0.2, 0.25) is 78.1 Å². The van der Waals surface area contributed by atoms with E-state index in [1.54, 1.807) is 6.04 Å². The van der Waals surface area contributed by atoms with Crippen LogP contribution in [0.1, 0.15) is 12.8 Å². The highest BCUT2D eigenvalue weighted by molar-refractivity contribution is 8.13. The fraction of sp³-hybridized carbons (Fsp3) is 1.00. The molecule has 0 radical (unpaired) electrons. The first-order valence-electron chi connectivity index (χ1n) is 9.12. The summed E-state index contributed by atoms with van der Waals surface area (Å²) in [6, 6.07) is 1.62. The number of alkyl halides is 1. The molecular formula is C15H41ClSi6. The second kappa shape index (κ2) is 6.09. The Morgan fingerprint density at radius 1 is 0.500 bits per heavy atom. The molecule has 22 heavy (non-hydrogen) atoms. The molecule has 132 valence electrons. The van der Waals surface area contributed by atoms with Crippen molar-refractivity contribution in [3.05, 3.63) is 0 Å². The number of hydrogen-bond acceptors (Lipinski definition) is 0. The number of rotatable bonds is 4. The van der Waals surface area contributed by atoms with Gasteiger partial charge in [-0.2, -0.15) is 0 Å². The Kier molecular flexibility index (Phi) is 5.99. The summed E-state index contributed by atoms with van der Waals surface area (Å²) in [5, 5.41) is 0. The molecule has 1 heterocycles. The van der Waals surface area contributed by atoms with Crippen LogP contribution in [-0.4, -0.2) is 48.5 Å². The fourth-order valence-corrected chi connectivity index (χ4v) is 252. The Hall–Kier alpha value is 1.59. The molecule has 0 aromatic rings. The summed E-state index contributed by atoms with van der Waals surface area (Å²) in [4.78, 5) is 0. The minimum Gasteiger partial charge on any atom is -0.127 e. The molecule has 0 N–H and O–H groups in total. The second-order valence-electron chi connectivity index (χ2n) is 10.6. The summed E-state index contributed by atoms with van der Waals surface area (Å²) < 4.78 is 0. The molecule has 0 unspecified atom stereocenters. The quantitative estimate of drug-likeness (QED) is 0.290. The van der Waals surface area contributed by atoms with Crippen molar-refractivity contribution in [3.8, 4) is 0 Å². The summed E-state index contributed by atoms with van der Waals surface area (Å²) >= 11 is 6.03. The first-order chi connectivity index (χ1) is 9.56. The zero-order valence-electron chi connectivity index (χ0n) is 17.2. The van der Waals surface area contributed by atoms with E-state index in [0.717, 1.165) is 5.88 Å². The van der Waals surface area contributed by atoms with E-state index in [9.17, 15) is 0 Å². The Balaban J connectivity index is 3.55. The van der Waals surface area contributed by atoms with Crippen molar-refractivity contribution in [2.24, 2.45) is 0 Å². The van der Waals surface area contributed by atoms with Crippen molar-refractivity contribution in [1.29, 1.82) is 0 Å². The van der Waals surface area contributed by atoms with Gasteiger partial charge in [0, 0.05) is 48.5 Å². The lowest BCUT2D eigenvalue weighted by Gasteiger charge is -2.73. The fourth-order valence-electron chi connectivity index (χ4n) is 5.70.